The zero-order chi connectivity index (χ0) is 12.3. The Morgan fingerprint density at radius 2 is 2.41 bits per heavy atom. The SMILES string of the molecule is CCCCOC(=O)N1CC(n2cc(O)cn2)C1. The molecular formula is C11H17N3O3. The molecule has 1 aromatic heterocycles. The lowest BCUT2D eigenvalue weighted by Crippen LogP contribution is -2.51. The van der Waals surface area contributed by atoms with Gasteiger partial charge in [-0.2, -0.15) is 5.10 Å². The van der Waals surface area contributed by atoms with E-state index in [-0.39, 0.29) is 17.9 Å². The highest BCUT2D eigenvalue weighted by Crippen LogP contribution is 2.22. The van der Waals surface area contributed by atoms with Gasteiger partial charge in [-0.05, 0) is 6.42 Å². The zero-order valence-electron chi connectivity index (χ0n) is 9.87. The van der Waals surface area contributed by atoms with Crippen LogP contribution in [0.25, 0.3) is 0 Å². The van der Waals surface area contributed by atoms with Gasteiger partial charge in [0.1, 0.15) is 0 Å². The van der Waals surface area contributed by atoms with E-state index in [0.717, 1.165) is 12.8 Å². The maximum atomic E-state index is 11.5. The molecule has 1 aliphatic rings. The third kappa shape index (κ3) is 2.69. The highest BCUT2D eigenvalue weighted by molar-refractivity contribution is 5.68. The van der Waals surface area contributed by atoms with Gasteiger partial charge in [0.05, 0.1) is 25.0 Å². The molecule has 17 heavy (non-hydrogen) atoms. The van der Waals surface area contributed by atoms with Gasteiger partial charge < -0.3 is 14.7 Å². The fourth-order valence-electron chi connectivity index (χ4n) is 1.69. The third-order valence-electron chi connectivity index (χ3n) is 2.81. The van der Waals surface area contributed by atoms with E-state index in [1.54, 1.807) is 15.8 Å². The Morgan fingerprint density at radius 3 is 3.00 bits per heavy atom. The summed E-state index contributed by atoms with van der Waals surface area (Å²) in [5.41, 5.74) is 0. The summed E-state index contributed by atoms with van der Waals surface area (Å²) in [6.45, 7) is 3.72. The van der Waals surface area contributed by atoms with Crippen molar-refractivity contribution in [1.82, 2.24) is 14.7 Å². The van der Waals surface area contributed by atoms with Gasteiger partial charge in [0.25, 0.3) is 0 Å². The first-order valence-electron chi connectivity index (χ1n) is 5.85. The van der Waals surface area contributed by atoms with Crippen LogP contribution in [-0.2, 0) is 4.74 Å². The van der Waals surface area contributed by atoms with Gasteiger partial charge >= 0.3 is 6.09 Å². The highest BCUT2D eigenvalue weighted by Gasteiger charge is 2.33. The maximum absolute atomic E-state index is 11.5. The summed E-state index contributed by atoms with van der Waals surface area (Å²) < 4.78 is 6.76. The van der Waals surface area contributed by atoms with E-state index in [9.17, 15) is 4.79 Å². The molecule has 1 aromatic rings. The van der Waals surface area contributed by atoms with Gasteiger partial charge in [0, 0.05) is 13.1 Å². The van der Waals surface area contributed by atoms with E-state index in [1.807, 2.05) is 0 Å². The van der Waals surface area contributed by atoms with Crippen molar-refractivity contribution in [2.45, 2.75) is 25.8 Å². The van der Waals surface area contributed by atoms with E-state index in [4.69, 9.17) is 9.84 Å². The van der Waals surface area contributed by atoms with Gasteiger partial charge in [0.15, 0.2) is 5.75 Å². The molecule has 0 atom stereocenters. The lowest BCUT2D eigenvalue weighted by molar-refractivity contribution is 0.0532. The first-order valence-corrected chi connectivity index (χ1v) is 5.85. The Hall–Kier alpha value is -1.72. The number of amides is 1. The topological polar surface area (TPSA) is 67.6 Å². The Labute approximate surface area is 99.8 Å². The predicted molar refractivity (Wildman–Crippen MR) is 60.8 cm³/mol. The molecule has 0 spiro atoms. The molecule has 1 fully saturated rings. The fourth-order valence-corrected chi connectivity index (χ4v) is 1.69. The van der Waals surface area contributed by atoms with Gasteiger partial charge in [-0.25, -0.2) is 4.79 Å². The molecule has 6 heteroatoms. The number of nitrogens with zero attached hydrogens (tertiary/aromatic N) is 3. The summed E-state index contributed by atoms with van der Waals surface area (Å²) in [4.78, 5) is 13.1. The predicted octanol–water partition coefficient (Wildman–Crippen LogP) is 1.38. The molecule has 0 unspecified atom stereocenters. The number of carbonyl (C=O) groups excluding carboxylic acids is 1. The normalized spacial score (nSPS) is 15.7. The van der Waals surface area contributed by atoms with Crippen LogP contribution >= 0.6 is 0 Å². The monoisotopic (exact) mass is 239 g/mol. The highest BCUT2D eigenvalue weighted by atomic mass is 16.6. The molecule has 94 valence electrons. The lowest BCUT2D eigenvalue weighted by Gasteiger charge is -2.38. The second kappa shape index (κ2) is 5.07. The Balaban J connectivity index is 1.73. The minimum atomic E-state index is -0.258. The summed E-state index contributed by atoms with van der Waals surface area (Å²) in [7, 11) is 0. The largest absolute Gasteiger partial charge is 0.505 e. The Morgan fingerprint density at radius 1 is 1.65 bits per heavy atom. The van der Waals surface area contributed by atoms with E-state index in [0.29, 0.717) is 19.7 Å². The number of unbranched alkanes of at least 4 members (excludes halogenated alkanes) is 1. The van der Waals surface area contributed by atoms with Crippen molar-refractivity contribution >= 4 is 6.09 Å². The smallest absolute Gasteiger partial charge is 0.409 e. The molecule has 1 aliphatic heterocycles. The van der Waals surface area contributed by atoms with Crippen molar-refractivity contribution in [2.75, 3.05) is 19.7 Å². The standard InChI is InChI=1S/C11H17N3O3/c1-2-3-4-17-11(16)13-6-9(7-13)14-8-10(15)5-12-14/h5,8-9,15H,2-4,6-7H2,1H3. The molecule has 0 radical (unpaired) electrons. The Kier molecular flexibility index (Phi) is 3.51. The molecule has 6 nitrogen and oxygen atoms in total. The number of aromatic hydroxyl groups is 1. The average molecular weight is 239 g/mol. The second-order valence-electron chi connectivity index (χ2n) is 4.21. The van der Waals surface area contributed by atoms with E-state index >= 15 is 0 Å². The van der Waals surface area contributed by atoms with Crippen LogP contribution in [0.3, 0.4) is 0 Å². The van der Waals surface area contributed by atoms with Gasteiger partial charge in [0.2, 0.25) is 0 Å². The van der Waals surface area contributed by atoms with Crippen LogP contribution in [0.2, 0.25) is 0 Å². The molecule has 2 heterocycles. The lowest BCUT2D eigenvalue weighted by atomic mass is 10.1. The maximum Gasteiger partial charge on any atom is 0.409 e. The summed E-state index contributed by atoms with van der Waals surface area (Å²) in [5, 5.41) is 13.1. The van der Waals surface area contributed by atoms with Crippen molar-refractivity contribution in [3.63, 3.8) is 0 Å². The van der Waals surface area contributed by atoms with Crippen LogP contribution in [0.15, 0.2) is 12.4 Å². The fraction of sp³-hybridized carbons (Fsp3) is 0.636. The van der Waals surface area contributed by atoms with E-state index < -0.39 is 0 Å². The van der Waals surface area contributed by atoms with Crippen molar-refractivity contribution < 1.29 is 14.6 Å². The molecule has 0 aliphatic carbocycles. The summed E-state index contributed by atoms with van der Waals surface area (Å²) >= 11 is 0. The molecule has 0 aromatic carbocycles. The number of carbonyl (C=O) groups is 1. The zero-order valence-corrected chi connectivity index (χ0v) is 9.87. The minimum Gasteiger partial charge on any atom is -0.505 e. The molecular weight excluding hydrogens is 222 g/mol. The number of ether oxygens (including phenoxy) is 1. The van der Waals surface area contributed by atoms with Crippen LogP contribution in [0.4, 0.5) is 4.79 Å². The molecule has 1 N–H and O–H groups in total. The van der Waals surface area contributed by atoms with Crippen molar-refractivity contribution in [3.8, 4) is 5.75 Å². The number of aromatic nitrogens is 2. The van der Waals surface area contributed by atoms with Gasteiger partial charge in [-0.3, -0.25) is 4.68 Å². The number of likely N-dealkylation sites (tertiary alicyclic amines) is 1. The van der Waals surface area contributed by atoms with Crippen LogP contribution in [0.1, 0.15) is 25.8 Å². The van der Waals surface area contributed by atoms with Crippen molar-refractivity contribution in [2.24, 2.45) is 0 Å². The van der Waals surface area contributed by atoms with Crippen LogP contribution < -0.4 is 0 Å². The third-order valence-corrected chi connectivity index (χ3v) is 2.81. The Bertz CT molecular complexity index is 385. The van der Waals surface area contributed by atoms with Gasteiger partial charge in [-0.1, -0.05) is 13.3 Å². The molecule has 1 saturated heterocycles. The van der Waals surface area contributed by atoms with Crippen LogP contribution in [0.5, 0.6) is 5.75 Å². The van der Waals surface area contributed by atoms with Crippen molar-refractivity contribution in [3.05, 3.63) is 12.4 Å². The molecule has 0 saturated carbocycles. The number of hydrogen-bond acceptors (Lipinski definition) is 4. The number of rotatable bonds is 4. The number of hydrogen-bond donors (Lipinski definition) is 1. The summed E-state index contributed by atoms with van der Waals surface area (Å²) in [5.74, 6) is 0.147. The molecule has 0 bridgehead atoms. The van der Waals surface area contributed by atoms with E-state index in [1.165, 1.54) is 6.20 Å². The summed E-state index contributed by atoms with van der Waals surface area (Å²) in [6.07, 6.45) is 4.61. The minimum absolute atomic E-state index is 0.147. The molecule has 1 amide bonds. The van der Waals surface area contributed by atoms with Crippen molar-refractivity contribution in [1.29, 1.82) is 0 Å². The van der Waals surface area contributed by atoms with Crippen LogP contribution in [-0.4, -0.2) is 45.6 Å². The molecule has 2 rings (SSSR count). The van der Waals surface area contributed by atoms with E-state index in [2.05, 4.69) is 12.0 Å². The average Bonchev–Trinajstić information content (AvgIpc) is 2.63. The second-order valence-corrected chi connectivity index (χ2v) is 4.21. The first-order chi connectivity index (χ1) is 8.20. The first kappa shape index (κ1) is 11.8. The quantitative estimate of drug-likeness (QED) is 0.806. The van der Waals surface area contributed by atoms with Crippen LogP contribution in [0, 0.1) is 0 Å². The van der Waals surface area contributed by atoms with Gasteiger partial charge in [-0.15, -0.1) is 0 Å². The summed E-state index contributed by atoms with van der Waals surface area (Å²) in [6, 6.07) is 0.148.